The summed E-state index contributed by atoms with van der Waals surface area (Å²) in [5.41, 5.74) is 0. The summed E-state index contributed by atoms with van der Waals surface area (Å²) >= 11 is 0. The van der Waals surface area contributed by atoms with Gasteiger partial charge in [0.15, 0.2) is 0 Å². The third-order valence-electron chi connectivity index (χ3n) is 1.87. The highest BCUT2D eigenvalue weighted by molar-refractivity contribution is 5.81. The van der Waals surface area contributed by atoms with Crippen molar-refractivity contribution >= 4 is 5.78 Å². The summed E-state index contributed by atoms with van der Waals surface area (Å²) in [6, 6.07) is -0.108. The van der Waals surface area contributed by atoms with Gasteiger partial charge in [-0.05, 0) is 26.3 Å². The van der Waals surface area contributed by atoms with Crippen LogP contribution in [-0.2, 0) is 4.79 Å². The Bertz CT molecular complexity index is 136. The van der Waals surface area contributed by atoms with E-state index in [0.717, 1.165) is 13.0 Å². The molecule has 1 fully saturated rings. The SMILES string of the molecule is CC(=O)[C@@H]1C[C@H](O)CCN1. The summed E-state index contributed by atoms with van der Waals surface area (Å²) in [7, 11) is 0. The Morgan fingerprint density at radius 3 is 2.80 bits per heavy atom. The highest BCUT2D eigenvalue weighted by atomic mass is 16.3. The van der Waals surface area contributed by atoms with Gasteiger partial charge in [0.1, 0.15) is 5.78 Å². The summed E-state index contributed by atoms with van der Waals surface area (Å²) in [5.74, 6) is 0.124. The van der Waals surface area contributed by atoms with Crippen LogP contribution in [0.1, 0.15) is 19.8 Å². The first-order valence-corrected chi connectivity index (χ1v) is 3.62. The van der Waals surface area contributed by atoms with Gasteiger partial charge >= 0.3 is 0 Å². The lowest BCUT2D eigenvalue weighted by Gasteiger charge is -2.24. The molecule has 3 heteroatoms. The van der Waals surface area contributed by atoms with E-state index in [1.165, 1.54) is 0 Å². The van der Waals surface area contributed by atoms with Crippen LogP contribution in [0, 0.1) is 0 Å². The molecule has 0 bridgehead atoms. The highest BCUT2D eigenvalue weighted by Gasteiger charge is 2.22. The monoisotopic (exact) mass is 143 g/mol. The molecule has 0 spiro atoms. The Kier molecular flexibility index (Phi) is 2.40. The average molecular weight is 143 g/mol. The summed E-state index contributed by atoms with van der Waals surface area (Å²) < 4.78 is 0. The van der Waals surface area contributed by atoms with Crippen molar-refractivity contribution in [3.05, 3.63) is 0 Å². The summed E-state index contributed by atoms with van der Waals surface area (Å²) in [5, 5.41) is 12.2. The number of aliphatic hydroxyl groups excluding tert-OH is 1. The lowest BCUT2D eigenvalue weighted by atomic mass is 10.00. The molecule has 58 valence electrons. The van der Waals surface area contributed by atoms with Crippen molar-refractivity contribution in [3.63, 3.8) is 0 Å². The van der Waals surface area contributed by atoms with Crippen molar-refractivity contribution in [3.8, 4) is 0 Å². The molecule has 0 unspecified atom stereocenters. The summed E-state index contributed by atoms with van der Waals surface area (Å²) in [4.78, 5) is 10.8. The molecule has 0 aliphatic carbocycles. The van der Waals surface area contributed by atoms with Gasteiger partial charge in [0.25, 0.3) is 0 Å². The van der Waals surface area contributed by atoms with E-state index in [-0.39, 0.29) is 17.9 Å². The van der Waals surface area contributed by atoms with Crippen molar-refractivity contribution in [2.24, 2.45) is 0 Å². The van der Waals surface area contributed by atoms with E-state index in [1.54, 1.807) is 6.92 Å². The zero-order chi connectivity index (χ0) is 7.56. The number of aliphatic hydroxyl groups is 1. The molecule has 0 radical (unpaired) electrons. The van der Waals surface area contributed by atoms with Gasteiger partial charge in [0, 0.05) is 0 Å². The lowest BCUT2D eigenvalue weighted by Crippen LogP contribution is -2.44. The molecule has 2 atom stereocenters. The van der Waals surface area contributed by atoms with Gasteiger partial charge in [0.05, 0.1) is 12.1 Å². The number of carbonyl (C=O) groups excluding carboxylic acids is 1. The quantitative estimate of drug-likeness (QED) is 0.529. The van der Waals surface area contributed by atoms with Crippen LogP contribution in [0.2, 0.25) is 0 Å². The molecule has 0 aromatic carbocycles. The minimum Gasteiger partial charge on any atom is -0.393 e. The fourth-order valence-corrected chi connectivity index (χ4v) is 1.21. The zero-order valence-electron chi connectivity index (χ0n) is 6.13. The van der Waals surface area contributed by atoms with Gasteiger partial charge in [-0.15, -0.1) is 0 Å². The first-order chi connectivity index (χ1) is 4.70. The predicted molar refractivity (Wildman–Crippen MR) is 37.7 cm³/mol. The minimum atomic E-state index is -0.282. The van der Waals surface area contributed by atoms with Crippen molar-refractivity contribution in [2.75, 3.05) is 6.54 Å². The van der Waals surface area contributed by atoms with E-state index >= 15 is 0 Å². The van der Waals surface area contributed by atoms with Crippen molar-refractivity contribution in [2.45, 2.75) is 31.9 Å². The number of ketones is 1. The second-order valence-corrected chi connectivity index (χ2v) is 2.80. The Labute approximate surface area is 60.4 Å². The first-order valence-electron chi connectivity index (χ1n) is 3.62. The van der Waals surface area contributed by atoms with E-state index in [1.807, 2.05) is 0 Å². The predicted octanol–water partition coefficient (Wildman–Crippen LogP) is -0.312. The van der Waals surface area contributed by atoms with E-state index in [0.29, 0.717) is 6.42 Å². The third kappa shape index (κ3) is 1.78. The Hall–Kier alpha value is -0.410. The van der Waals surface area contributed by atoms with Gasteiger partial charge in [0.2, 0.25) is 0 Å². The maximum absolute atomic E-state index is 10.8. The maximum Gasteiger partial charge on any atom is 0.146 e. The molecule has 0 aromatic heterocycles. The number of nitrogens with one attached hydrogen (secondary N) is 1. The highest BCUT2D eigenvalue weighted by Crippen LogP contribution is 2.08. The van der Waals surface area contributed by atoms with Gasteiger partial charge < -0.3 is 10.4 Å². The van der Waals surface area contributed by atoms with Gasteiger partial charge in [-0.3, -0.25) is 4.79 Å². The van der Waals surface area contributed by atoms with E-state index in [2.05, 4.69) is 5.32 Å². The van der Waals surface area contributed by atoms with Crippen LogP contribution in [0.25, 0.3) is 0 Å². The molecule has 1 saturated heterocycles. The molecular weight excluding hydrogens is 130 g/mol. The van der Waals surface area contributed by atoms with Crippen LogP contribution in [0.5, 0.6) is 0 Å². The Balaban J connectivity index is 2.39. The number of carbonyl (C=O) groups is 1. The summed E-state index contributed by atoms with van der Waals surface area (Å²) in [6.45, 7) is 2.31. The molecule has 2 N–H and O–H groups in total. The van der Waals surface area contributed by atoms with Crippen LogP contribution in [0.4, 0.5) is 0 Å². The third-order valence-corrected chi connectivity index (χ3v) is 1.87. The van der Waals surface area contributed by atoms with Crippen LogP contribution in [0.3, 0.4) is 0 Å². The lowest BCUT2D eigenvalue weighted by molar-refractivity contribution is -0.120. The molecular formula is C7H13NO2. The van der Waals surface area contributed by atoms with Gasteiger partial charge in [-0.25, -0.2) is 0 Å². The number of hydrogen-bond acceptors (Lipinski definition) is 3. The van der Waals surface area contributed by atoms with Crippen molar-refractivity contribution < 1.29 is 9.90 Å². The van der Waals surface area contributed by atoms with Crippen LogP contribution in [0.15, 0.2) is 0 Å². The molecule has 1 rings (SSSR count). The molecule has 0 saturated carbocycles. The zero-order valence-corrected chi connectivity index (χ0v) is 6.13. The molecule has 1 heterocycles. The number of piperidine rings is 1. The normalized spacial score (nSPS) is 33.8. The van der Waals surface area contributed by atoms with E-state index in [4.69, 9.17) is 5.11 Å². The van der Waals surface area contributed by atoms with Gasteiger partial charge in [-0.2, -0.15) is 0 Å². The van der Waals surface area contributed by atoms with Crippen LogP contribution in [-0.4, -0.2) is 29.6 Å². The topological polar surface area (TPSA) is 49.3 Å². The van der Waals surface area contributed by atoms with E-state index in [9.17, 15) is 4.79 Å². The van der Waals surface area contributed by atoms with Crippen LogP contribution >= 0.6 is 0 Å². The fraction of sp³-hybridized carbons (Fsp3) is 0.857. The molecule has 0 amide bonds. The average Bonchev–Trinajstić information content (AvgIpc) is 1.88. The number of Topliss-reactive ketones (excluding diaryl/α,β-unsaturated/α-hetero) is 1. The standard InChI is InChI=1S/C7H13NO2/c1-5(9)7-4-6(10)2-3-8-7/h6-8,10H,2-4H2,1H3/t6-,7+/m1/s1. The largest absolute Gasteiger partial charge is 0.393 e. The van der Waals surface area contributed by atoms with Crippen molar-refractivity contribution in [1.82, 2.24) is 5.32 Å². The second-order valence-electron chi connectivity index (χ2n) is 2.80. The van der Waals surface area contributed by atoms with Crippen LogP contribution < -0.4 is 5.32 Å². The fourth-order valence-electron chi connectivity index (χ4n) is 1.21. The Morgan fingerprint density at radius 1 is 1.70 bits per heavy atom. The van der Waals surface area contributed by atoms with Crippen molar-refractivity contribution in [1.29, 1.82) is 0 Å². The summed E-state index contributed by atoms with van der Waals surface area (Å²) in [6.07, 6.45) is 1.06. The maximum atomic E-state index is 10.8. The molecule has 1 aliphatic rings. The smallest absolute Gasteiger partial charge is 0.146 e. The number of hydrogen-bond donors (Lipinski definition) is 2. The first kappa shape index (κ1) is 7.69. The molecule has 3 nitrogen and oxygen atoms in total. The molecule has 1 aliphatic heterocycles. The Morgan fingerprint density at radius 2 is 2.40 bits per heavy atom. The molecule has 0 aromatic rings. The van der Waals surface area contributed by atoms with Gasteiger partial charge in [-0.1, -0.05) is 0 Å². The number of rotatable bonds is 1. The molecule has 10 heavy (non-hydrogen) atoms. The second kappa shape index (κ2) is 3.12. The van der Waals surface area contributed by atoms with E-state index < -0.39 is 0 Å². The minimum absolute atomic E-state index is 0.108.